The standard InChI is InChI=1S/C23H27N5O2S/c1-5-28-20(13-24-22(30)19-9-7-6-8-16(19)3)26-27-23(28)31-14-21(29)25-18-11-10-15(2)17(4)12-18/h6-12H,5,13-14H2,1-4H3,(H,24,30)(H,25,29). The molecule has 2 N–H and O–H groups in total. The molecular weight excluding hydrogens is 410 g/mol. The molecule has 8 heteroatoms. The van der Waals surface area contributed by atoms with Crippen molar-refractivity contribution in [2.75, 3.05) is 11.1 Å². The maximum atomic E-state index is 12.5. The summed E-state index contributed by atoms with van der Waals surface area (Å²) in [5.74, 6) is 0.626. The van der Waals surface area contributed by atoms with Crippen LogP contribution in [0.3, 0.4) is 0 Å². The van der Waals surface area contributed by atoms with E-state index in [4.69, 9.17) is 0 Å². The Morgan fingerprint density at radius 1 is 1.00 bits per heavy atom. The summed E-state index contributed by atoms with van der Waals surface area (Å²) < 4.78 is 1.91. The molecule has 2 aromatic carbocycles. The molecule has 0 saturated carbocycles. The molecular formula is C23H27N5O2S. The summed E-state index contributed by atoms with van der Waals surface area (Å²) in [5.41, 5.74) is 4.66. The lowest BCUT2D eigenvalue weighted by Gasteiger charge is -2.10. The maximum absolute atomic E-state index is 12.5. The molecule has 0 fully saturated rings. The second-order valence-electron chi connectivity index (χ2n) is 7.28. The fraction of sp³-hybridized carbons (Fsp3) is 0.304. The van der Waals surface area contributed by atoms with Gasteiger partial charge in [-0.3, -0.25) is 9.59 Å². The van der Waals surface area contributed by atoms with Crippen molar-refractivity contribution in [3.05, 3.63) is 70.5 Å². The number of aryl methyl sites for hydroxylation is 3. The van der Waals surface area contributed by atoms with E-state index in [9.17, 15) is 9.59 Å². The Kier molecular flexibility index (Phi) is 7.46. The van der Waals surface area contributed by atoms with Crippen LogP contribution in [0.2, 0.25) is 0 Å². The summed E-state index contributed by atoms with van der Waals surface area (Å²) in [4.78, 5) is 24.8. The Balaban J connectivity index is 1.58. The van der Waals surface area contributed by atoms with Gasteiger partial charge >= 0.3 is 0 Å². The smallest absolute Gasteiger partial charge is 0.251 e. The first-order chi connectivity index (χ1) is 14.9. The zero-order valence-electron chi connectivity index (χ0n) is 18.2. The van der Waals surface area contributed by atoms with E-state index in [0.717, 1.165) is 16.8 Å². The number of anilines is 1. The lowest BCUT2D eigenvalue weighted by atomic mass is 10.1. The minimum atomic E-state index is -0.147. The molecule has 3 aromatic rings. The molecule has 0 aliphatic carbocycles. The van der Waals surface area contributed by atoms with Crippen molar-refractivity contribution in [2.24, 2.45) is 0 Å². The SMILES string of the molecule is CCn1c(CNC(=O)c2ccccc2C)nnc1SCC(=O)Nc1ccc(C)c(C)c1. The van der Waals surface area contributed by atoms with Crippen molar-refractivity contribution in [1.29, 1.82) is 0 Å². The maximum Gasteiger partial charge on any atom is 0.251 e. The van der Waals surface area contributed by atoms with Crippen LogP contribution in [-0.2, 0) is 17.9 Å². The molecule has 0 unspecified atom stereocenters. The van der Waals surface area contributed by atoms with Crippen molar-refractivity contribution < 1.29 is 9.59 Å². The molecule has 3 rings (SSSR count). The molecule has 0 bridgehead atoms. The lowest BCUT2D eigenvalue weighted by molar-refractivity contribution is -0.113. The number of hydrogen-bond donors (Lipinski definition) is 2. The molecule has 0 radical (unpaired) electrons. The highest BCUT2D eigenvalue weighted by Crippen LogP contribution is 2.19. The van der Waals surface area contributed by atoms with Gasteiger partial charge in [-0.1, -0.05) is 36.0 Å². The Morgan fingerprint density at radius 2 is 1.77 bits per heavy atom. The quantitative estimate of drug-likeness (QED) is 0.522. The van der Waals surface area contributed by atoms with Gasteiger partial charge in [0.25, 0.3) is 5.91 Å². The van der Waals surface area contributed by atoms with Crippen LogP contribution in [-0.4, -0.2) is 32.3 Å². The normalized spacial score (nSPS) is 10.7. The number of nitrogens with zero attached hydrogens (tertiary/aromatic N) is 3. The van der Waals surface area contributed by atoms with Gasteiger partial charge in [0.1, 0.15) is 0 Å². The summed E-state index contributed by atoms with van der Waals surface area (Å²) in [6.45, 7) is 8.85. The lowest BCUT2D eigenvalue weighted by Crippen LogP contribution is -2.25. The van der Waals surface area contributed by atoms with Crippen LogP contribution >= 0.6 is 11.8 Å². The third kappa shape index (κ3) is 5.73. The fourth-order valence-electron chi connectivity index (χ4n) is 3.10. The Hall–Kier alpha value is -3.13. The van der Waals surface area contributed by atoms with E-state index in [1.165, 1.54) is 17.3 Å². The zero-order chi connectivity index (χ0) is 22.4. The highest BCUT2D eigenvalue weighted by Gasteiger charge is 2.15. The summed E-state index contributed by atoms with van der Waals surface area (Å²) in [6.07, 6.45) is 0. The van der Waals surface area contributed by atoms with Crippen molar-refractivity contribution >= 4 is 29.3 Å². The van der Waals surface area contributed by atoms with Gasteiger partial charge in [-0.05, 0) is 62.6 Å². The van der Waals surface area contributed by atoms with Crippen molar-refractivity contribution in [1.82, 2.24) is 20.1 Å². The van der Waals surface area contributed by atoms with Crippen LogP contribution < -0.4 is 10.6 Å². The van der Waals surface area contributed by atoms with Gasteiger partial charge in [-0.25, -0.2) is 0 Å². The second kappa shape index (κ2) is 10.3. The summed E-state index contributed by atoms with van der Waals surface area (Å²) in [6, 6.07) is 13.3. The molecule has 1 aromatic heterocycles. The number of nitrogens with one attached hydrogen (secondary N) is 2. The number of hydrogen-bond acceptors (Lipinski definition) is 5. The third-order valence-electron chi connectivity index (χ3n) is 5.03. The van der Waals surface area contributed by atoms with E-state index < -0.39 is 0 Å². The first kappa shape index (κ1) is 22.6. The predicted molar refractivity (Wildman–Crippen MR) is 123 cm³/mol. The van der Waals surface area contributed by atoms with Gasteiger partial charge in [0.2, 0.25) is 5.91 Å². The monoisotopic (exact) mass is 437 g/mol. The molecule has 0 aliphatic heterocycles. The summed E-state index contributed by atoms with van der Waals surface area (Å²) in [5, 5.41) is 14.9. The number of aromatic nitrogens is 3. The average molecular weight is 438 g/mol. The van der Waals surface area contributed by atoms with Gasteiger partial charge in [-0.2, -0.15) is 0 Å². The van der Waals surface area contributed by atoms with Crippen LogP contribution in [0.5, 0.6) is 0 Å². The fourth-order valence-corrected chi connectivity index (χ4v) is 3.92. The molecule has 2 amide bonds. The van der Waals surface area contributed by atoms with E-state index in [1.807, 2.05) is 68.7 Å². The van der Waals surface area contributed by atoms with Crippen LogP contribution in [0.4, 0.5) is 5.69 Å². The van der Waals surface area contributed by atoms with Crippen molar-refractivity contribution in [3.63, 3.8) is 0 Å². The van der Waals surface area contributed by atoms with Gasteiger partial charge in [-0.15, -0.1) is 10.2 Å². The molecule has 0 atom stereocenters. The molecule has 162 valence electrons. The average Bonchev–Trinajstić information content (AvgIpc) is 3.15. The first-order valence-corrected chi connectivity index (χ1v) is 11.1. The number of benzene rings is 2. The number of carbonyl (C=O) groups excluding carboxylic acids is 2. The van der Waals surface area contributed by atoms with Crippen LogP contribution in [0.25, 0.3) is 0 Å². The highest BCUT2D eigenvalue weighted by molar-refractivity contribution is 7.99. The van der Waals surface area contributed by atoms with E-state index >= 15 is 0 Å². The second-order valence-corrected chi connectivity index (χ2v) is 8.22. The Morgan fingerprint density at radius 3 is 2.48 bits per heavy atom. The van der Waals surface area contributed by atoms with Gasteiger partial charge in [0.15, 0.2) is 11.0 Å². The van der Waals surface area contributed by atoms with Crippen molar-refractivity contribution in [2.45, 2.75) is 45.9 Å². The van der Waals surface area contributed by atoms with E-state index in [2.05, 4.69) is 20.8 Å². The minimum absolute atomic E-state index is 0.103. The first-order valence-electron chi connectivity index (χ1n) is 10.1. The summed E-state index contributed by atoms with van der Waals surface area (Å²) >= 11 is 1.32. The van der Waals surface area contributed by atoms with Gasteiger partial charge in [0.05, 0.1) is 12.3 Å². The van der Waals surface area contributed by atoms with E-state index in [1.54, 1.807) is 6.07 Å². The number of amides is 2. The molecule has 0 spiro atoms. The predicted octanol–water partition coefficient (Wildman–Crippen LogP) is 3.88. The number of thioether (sulfide) groups is 1. The highest BCUT2D eigenvalue weighted by atomic mass is 32.2. The minimum Gasteiger partial charge on any atom is -0.345 e. The van der Waals surface area contributed by atoms with E-state index in [0.29, 0.717) is 23.1 Å². The molecule has 0 aliphatic rings. The van der Waals surface area contributed by atoms with Crippen LogP contribution in [0, 0.1) is 20.8 Å². The zero-order valence-corrected chi connectivity index (χ0v) is 19.0. The number of rotatable bonds is 8. The van der Waals surface area contributed by atoms with Gasteiger partial charge in [0, 0.05) is 17.8 Å². The summed E-state index contributed by atoms with van der Waals surface area (Å²) in [7, 11) is 0. The number of carbonyl (C=O) groups is 2. The topological polar surface area (TPSA) is 88.9 Å². The molecule has 1 heterocycles. The largest absolute Gasteiger partial charge is 0.345 e. The van der Waals surface area contributed by atoms with E-state index in [-0.39, 0.29) is 24.1 Å². The van der Waals surface area contributed by atoms with Crippen LogP contribution in [0.1, 0.15) is 39.8 Å². The van der Waals surface area contributed by atoms with Gasteiger partial charge < -0.3 is 15.2 Å². The molecule has 31 heavy (non-hydrogen) atoms. The van der Waals surface area contributed by atoms with Crippen molar-refractivity contribution in [3.8, 4) is 0 Å². The third-order valence-corrected chi connectivity index (χ3v) is 6.00. The molecule has 7 nitrogen and oxygen atoms in total. The van der Waals surface area contributed by atoms with Crippen LogP contribution in [0.15, 0.2) is 47.6 Å². The molecule has 0 saturated heterocycles. The Labute approximate surface area is 186 Å². The Bertz CT molecular complexity index is 1090.